The maximum Gasteiger partial charge on any atom is 0.309 e. The molecule has 0 bridgehead atoms. The molecule has 0 amide bonds. The van der Waals surface area contributed by atoms with E-state index in [-0.39, 0.29) is 18.0 Å². The van der Waals surface area contributed by atoms with Gasteiger partial charge in [-0.15, -0.1) is 0 Å². The van der Waals surface area contributed by atoms with Crippen molar-refractivity contribution in [2.75, 3.05) is 13.2 Å². The van der Waals surface area contributed by atoms with Crippen molar-refractivity contribution in [3.8, 4) is 0 Å². The van der Waals surface area contributed by atoms with E-state index in [0.29, 0.717) is 19.2 Å². The molecule has 4 nitrogen and oxygen atoms in total. The molecule has 1 aliphatic carbocycles. The van der Waals surface area contributed by atoms with Crippen LogP contribution in [0.1, 0.15) is 26.7 Å². The van der Waals surface area contributed by atoms with Crippen LogP contribution in [-0.4, -0.2) is 36.4 Å². The predicted molar refractivity (Wildman–Crippen MR) is 52.8 cm³/mol. The molecule has 0 radical (unpaired) electrons. The van der Waals surface area contributed by atoms with Crippen LogP contribution in [0.25, 0.3) is 0 Å². The number of esters is 1. The molecule has 1 unspecified atom stereocenters. The van der Waals surface area contributed by atoms with Crippen molar-refractivity contribution < 1.29 is 14.6 Å². The highest BCUT2D eigenvalue weighted by molar-refractivity contribution is 5.72. The summed E-state index contributed by atoms with van der Waals surface area (Å²) < 4.78 is 4.88. The second kappa shape index (κ2) is 5.32. The Morgan fingerprint density at radius 3 is 2.79 bits per heavy atom. The first-order valence-corrected chi connectivity index (χ1v) is 5.21. The Labute approximate surface area is 84.6 Å². The zero-order chi connectivity index (χ0) is 10.6. The molecule has 1 aliphatic rings. The van der Waals surface area contributed by atoms with Crippen LogP contribution < -0.4 is 5.32 Å². The number of aliphatic hydroxyl groups excluding tert-OH is 1. The maximum absolute atomic E-state index is 11.2. The first-order chi connectivity index (χ1) is 6.63. The second-order valence-corrected chi connectivity index (χ2v) is 3.88. The van der Waals surface area contributed by atoms with E-state index in [1.165, 1.54) is 0 Å². The van der Waals surface area contributed by atoms with Gasteiger partial charge in [0.15, 0.2) is 0 Å². The lowest BCUT2D eigenvalue weighted by Gasteiger charge is -2.32. The molecule has 0 aromatic rings. The molecule has 0 aliphatic heterocycles. The highest BCUT2D eigenvalue weighted by Gasteiger charge is 2.27. The summed E-state index contributed by atoms with van der Waals surface area (Å²) in [7, 11) is 0. The number of hydrogen-bond donors (Lipinski definition) is 2. The number of carbonyl (C=O) groups is 1. The van der Waals surface area contributed by atoms with E-state index in [1.807, 2.05) is 6.92 Å². The molecule has 2 N–H and O–H groups in total. The fourth-order valence-corrected chi connectivity index (χ4v) is 1.47. The van der Waals surface area contributed by atoms with E-state index in [2.05, 4.69) is 5.32 Å². The Kier molecular flexibility index (Phi) is 4.35. The smallest absolute Gasteiger partial charge is 0.309 e. The van der Waals surface area contributed by atoms with Crippen LogP contribution in [-0.2, 0) is 9.53 Å². The number of rotatable bonds is 5. The Morgan fingerprint density at radius 2 is 2.29 bits per heavy atom. The molecule has 14 heavy (non-hydrogen) atoms. The molecule has 82 valence electrons. The van der Waals surface area contributed by atoms with Crippen molar-refractivity contribution in [3.63, 3.8) is 0 Å². The van der Waals surface area contributed by atoms with Crippen molar-refractivity contribution in [2.24, 2.45) is 5.92 Å². The van der Waals surface area contributed by atoms with Crippen molar-refractivity contribution in [3.05, 3.63) is 0 Å². The van der Waals surface area contributed by atoms with Gasteiger partial charge in [-0.05, 0) is 19.8 Å². The van der Waals surface area contributed by atoms with Gasteiger partial charge in [-0.1, -0.05) is 6.92 Å². The van der Waals surface area contributed by atoms with Crippen molar-refractivity contribution in [1.82, 2.24) is 5.32 Å². The standard InChI is InChI=1S/C10H19NO3/c1-3-14-10(13)7(2)6-11-8-4-9(12)5-8/h7-9,11-12H,3-6H2,1-2H3. The topological polar surface area (TPSA) is 58.6 Å². The average molecular weight is 201 g/mol. The van der Waals surface area contributed by atoms with E-state index in [0.717, 1.165) is 12.8 Å². The molecule has 1 fully saturated rings. The van der Waals surface area contributed by atoms with E-state index in [9.17, 15) is 4.79 Å². The minimum atomic E-state index is -0.153. The fraction of sp³-hybridized carbons (Fsp3) is 0.900. The Balaban J connectivity index is 2.08. The maximum atomic E-state index is 11.2. The molecule has 1 atom stereocenters. The summed E-state index contributed by atoms with van der Waals surface area (Å²) >= 11 is 0. The number of nitrogens with one attached hydrogen (secondary N) is 1. The molecular formula is C10H19NO3. The number of hydrogen-bond acceptors (Lipinski definition) is 4. The van der Waals surface area contributed by atoms with Gasteiger partial charge in [0.05, 0.1) is 18.6 Å². The minimum absolute atomic E-state index is 0.104. The normalized spacial score (nSPS) is 27.9. The van der Waals surface area contributed by atoms with Gasteiger partial charge < -0.3 is 15.2 Å². The van der Waals surface area contributed by atoms with E-state index in [4.69, 9.17) is 9.84 Å². The Bertz CT molecular complexity index is 190. The van der Waals surface area contributed by atoms with Gasteiger partial charge in [-0.3, -0.25) is 4.79 Å². The lowest BCUT2D eigenvalue weighted by molar-refractivity contribution is -0.147. The van der Waals surface area contributed by atoms with Gasteiger partial charge in [0.1, 0.15) is 0 Å². The molecule has 0 spiro atoms. The Hall–Kier alpha value is -0.610. The second-order valence-electron chi connectivity index (χ2n) is 3.88. The lowest BCUT2D eigenvalue weighted by atomic mass is 9.89. The molecule has 0 aromatic heterocycles. The zero-order valence-electron chi connectivity index (χ0n) is 8.82. The van der Waals surface area contributed by atoms with Crippen LogP contribution in [0.5, 0.6) is 0 Å². The quantitative estimate of drug-likeness (QED) is 0.628. The summed E-state index contributed by atoms with van der Waals surface area (Å²) in [5.74, 6) is -0.257. The van der Waals surface area contributed by atoms with Crippen LogP contribution in [0.3, 0.4) is 0 Å². The Morgan fingerprint density at radius 1 is 1.64 bits per heavy atom. The number of ether oxygens (including phenoxy) is 1. The fourth-order valence-electron chi connectivity index (χ4n) is 1.47. The zero-order valence-corrected chi connectivity index (χ0v) is 8.82. The predicted octanol–water partition coefficient (Wildman–Crippen LogP) is 0.298. The number of carbonyl (C=O) groups excluding carboxylic acids is 1. The van der Waals surface area contributed by atoms with Gasteiger partial charge in [0.25, 0.3) is 0 Å². The summed E-state index contributed by atoms with van der Waals surface area (Å²) in [5.41, 5.74) is 0. The molecule has 0 saturated heterocycles. The van der Waals surface area contributed by atoms with Crippen LogP contribution in [0.15, 0.2) is 0 Å². The lowest BCUT2D eigenvalue weighted by Crippen LogP contribution is -2.46. The molecular weight excluding hydrogens is 182 g/mol. The summed E-state index contributed by atoms with van der Waals surface area (Å²) in [6.45, 7) is 4.72. The van der Waals surface area contributed by atoms with Crippen molar-refractivity contribution in [2.45, 2.75) is 38.8 Å². The summed E-state index contributed by atoms with van der Waals surface area (Å²) in [6, 6.07) is 0.377. The average Bonchev–Trinajstić information content (AvgIpc) is 2.10. The molecule has 1 rings (SSSR count). The van der Waals surface area contributed by atoms with Gasteiger partial charge in [-0.2, -0.15) is 0 Å². The van der Waals surface area contributed by atoms with Crippen molar-refractivity contribution in [1.29, 1.82) is 0 Å². The third-order valence-electron chi connectivity index (χ3n) is 2.51. The number of aliphatic hydroxyl groups is 1. The van der Waals surface area contributed by atoms with Gasteiger partial charge in [0.2, 0.25) is 0 Å². The van der Waals surface area contributed by atoms with Crippen LogP contribution >= 0.6 is 0 Å². The van der Waals surface area contributed by atoms with Crippen molar-refractivity contribution >= 4 is 5.97 Å². The van der Waals surface area contributed by atoms with Gasteiger partial charge in [0, 0.05) is 12.6 Å². The van der Waals surface area contributed by atoms with Crippen LogP contribution in [0, 0.1) is 5.92 Å². The van der Waals surface area contributed by atoms with Gasteiger partial charge >= 0.3 is 5.97 Å². The summed E-state index contributed by atoms with van der Waals surface area (Å²) in [6.07, 6.45) is 1.45. The van der Waals surface area contributed by atoms with E-state index < -0.39 is 0 Å². The summed E-state index contributed by atoms with van der Waals surface area (Å²) in [5, 5.41) is 12.3. The first kappa shape index (κ1) is 11.5. The molecule has 1 saturated carbocycles. The summed E-state index contributed by atoms with van der Waals surface area (Å²) in [4.78, 5) is 11.2. The third kappa shape index (κ3) is 3.27. The van der Waals surface area contributed by atoms with Crippen LogP contribution in [0.4, 0.5) is 0 Å². The van der Waals surface area contributed by atoms with Gasteiger partial charge in [-0.25, -0.2) is 0 Å². The SMILES string of the molecule is CCOC(=O)C(C)CNC1CC(O)C1. The molecule has 0 aromatic carbocycles. The monoisotopic (exact) mass is 201 g/mol. The first-order valence-electron chi connectivity index (χ1n) is 5.21. The molecule has 4 heteroatoms. The minimum Gasteiger partial charge on any atom is -0.466 e. The van der Waals surface area contributed by atoms with E-state index >= 15 is 0 Å². The highest BCUT2D eigenvalue weighted by Crippen LogP contribution is 2.19. The highest BCUT2D eigenvalue weighted by atomic mass is 16.5. The van der Waals surface area contributed by atoms with E-state index in [1.54, 1.807) is 6.92 Å². The third-order valence-corrected chi connectivity index (χ3v) is 2.51. The largest absolute Gasteiger partial charge is 0.466 e. The molecule has 0 heterocycles. The van der Waals surface area contributed by atoms with Crippen LogP contribution in [0.2, 0.25) is 0 Å².